The lowest BCUT2D eigenvalue weighted by atomic mass is 10.2. The maximum atomic E-state index is 7.00. The Labute approximate surface area is 91.9 Å². The minimum atomic E-state index is 0.167. The van der Waals surface area contributed by atoms with Gasteiger partial charge in [0.1, 0.15) is 0 Å². The fourth-order valence-electron chi connectivity index (χ4n) is 0.953. The Kier molecular flexibility index (Phi) is 4.62. The summed E-state index contributed by atoms with van der Waals surface area (Å²) in [7, 11) is 0. The summed E-state index contributed by atoms with van der Waals surface area (Å²) in [6.45, 7) is 1.08. The number of benzene rings is 1. The van der Waals surface area contributed by atoms with Crippen molar-refractivity contribution in [1.29, 1.82) is 5.41 Å². The molecule has 14 heavy (non-hydrogen) atoms. The third kappa shape index (κ3) is 4.39. The van der Waals surface area contributed by atoms with Gasteiger partial charge in [0, 0.05) is 10.9 Å². The molecule has 0 aromatic heterocycles. The first-order valence-electron chi connectivity index (χ1n) is 4.33. The molecule has 0 fully saturated rings. The summed E-state index contributed by atoms with van der Waals surface area (Å²) in [5, 5.41) is 7.00. The van der Waals surface area contributed by atoms with Gasteiger partial charge in [-0.15, -0.1) is 0 Å². The van der Waals surface area contributed by atoms with Crippen molar-refractivity contribution in [3.05, 3.63) is 34.3 Å². The van der Waals surface area contributed by atoms with E-state index in [1.807, 2.05) is 24.3 Å². The molecule has 0 unspecified atom stereocenters. The van der Waals surface area contributed by atoms with Gasteiger partial charge in [-0.3, -0.25) is 5.41 Å². The van der Waals surface area contributed by atoms with Gasteiger partial charge >= 0.3 is 0 Å². The smallest absolute Gasteiger partial charge is 0.0928 e. The lowest BCUT2D eigenvalue weighted by Crippen LogP contribution is -2.12. The van der Waals surface area contributed by atoms with Crippen LogP contribution < -0.4 is 5.73 Å². The van der Waals surface area contributed by atoms with E-state index >= 15 is 0 Å². The number of ether oxygens (including phenoxy) is 1. The normalized spacial score (nSPS) is 10.1. The van der Waals surface area contributed by atoms with Crippen molar-refractivity contribution in [2.75, 3.05) is 6.61 Å². The molecule has 1 rings (SSSR count). The maximum Gasteiger partial charge on any atom is 0.0928 e. The Hall–Kier alpha value is -0.870. The van der Waals surface area contributed by atoms with Gasteiger partial charge in [-0.2, -0.15) is 0 Å². The van der Waals surface area contributed by atoms with Crippen molar-refractivity contribution < 1.29 is 4.74 Å². The number of hydrogen-bond donors (Lipinski definition) is 2. The first kappa shape index (κ1) is 11.2. The minimum Gasteiger partial charge on any atom is -0.388 e. The first-order valence-corrected chi connectivity index (χ1v) is 5.13. The zero-order chi connectivity index (χ0) is 10.4. The average Bonchev–Trinajstić information content (AvgIpc) is 2.15. The van der Waals surface area contributed by atoms with E-state index in [1.165, 1.54) is 0 Å². The van der Waals surface area contributed by atoms with Gasteiger partial charge in [-0.05, 0) is 17.7 Å². The molecule has 0 atom stereocenters. The highest BCUT2D eigenvalue weighted by atomic mass is 79.9. The maximum absolute atomic E-state index is 7.00. The Bertz CT molecular complexity index is 297. The van der Waals surface area contributed by atoms with Gasteiger partial charge in [0.05, 0.1) is 19.0 Å². The third-order valence-corrected chi connectivity index (χ3v) is 2.23. The summed E-state index contributed by atoms with van der Waals surface area (Å²) in [6, 6.07) is 7.95. The summed E-state index contributed by atoms with van der Waals surface area (Å²) in [6.07, 6.45) is 0.497. The molecule has 3 nitrogen and oxygen atoms in total. The molecule has 0 amide bonds. The summed E-state index contributed by atoms with van der Waals surface area (Å²) >= 11 is 3.36. The van der Waals surface area contributed by atoms with E-state index in [0.29, 0.717) is 19.6 Å². The van der Waals surface area contributed by atoms with Crippen molar-refractivity contribution >= 4 is 21.8 Å². The van der Waals surface area contributed by atoms with Crippen LogP contribution in [0.4, 0.5) is 0 Å². The van der Waals surface area contributed by atoms with Gasteiger partial charge in [0.15, 0.2) is 0 Å². The van der Waals surface area contributed by atoms with Gasteiger partial charge < -0.3 is 10.5 Å². The predicted molar refractivity (Wildman–Crippen MR) is 60.3 cm³/mol. The highest BCUT2D eigenvalue weighted by Gasteiger charge is 1.94. The molecule has 0 bridgehead atoms. The van der Waals surface area contributed by atoms with E-state index in [-0.39, 0.29) is 5.84 Å². The Morgan fingerprint density at radius 1 is 1.36 bits per heavy atom. The van der Waals surface area contributed by atoms with Crippen molar-refractivity contribution in [2.45, 2.75) is 13.0 Å². The van der Waals surface area contributed by atoms with Gasteiger partial charge in [-0.1, -0.05) is 28.1 Å². The molecule has 0 aliphatic carbocycles. The average molecular weight is 257 g/mol. The largest absolute Gasteiger partial charge is 0.388 e. The molecule has 1 aromatic rings. The SMILES string of the molecule is N=C(N)CCOCc1ccc(Br)cc1. The second-order valence-electron chi connectivity index (χ2n) is 2.95. The van der Waals surface area contributed by atoms with Crippen LogP contribution in [0, 0.1) is 5.41 Å². The summed E-state index contributed by atoms with van der Waals surface area (Å²) < 4.78 is 6.39. The quantitative estimate of drug-likeness (QED) is 0.483. The second kappa shape index (κ2) is 5.78. The summed E-state index contributed by atoms with van der Waals surface area (Å²) in [5.74, 6) is 0.167. The van der Waals surface area contributed by atoms with Crippen molar-refractivity contribution in [3.8, 4) is 0 Å². The molecule has 1 aromatic carbocycles. The molecular weight excluding hydrogens is 244 g/mol. The Balaban J connectivity index is 2.25. The highest BCUT2D eigenvalue weighted by Crippen LogP contribution is 2.11. The van der Waals surface area contributed by atoms with Gasteiger partial charge in [-0.25, -0.2) is 0 Å². The number of amidine groups is 1. The summed E-state index contributed by atoms with van der Waals surface area (Å²) in [5.41, 5.74) is 6.31. The van der Waals surface area contributed by atoms with Crippen molar-refractivity contribution in [1.82, 2.24) is 0 Å². The third-order valence-electron chi connectivity index (χ3n) is 1.70. The van der Waals surface area contributed by atoms with E-state index in [2.05, 4.69) is 15.9 Å². The Morgan fingerprint density at radius 3 is 2.57 bits per heavy atom. The van der Waals surface area contributed by atoms with Crippen LogP contribution in [0.2, 0.25) is 0 Å². The van der Waals surface area contributed by atoms with E-state index in [0.717, 1.165) is 10.0 Å². The molecule has 0 spiro atoms. The van der Waals surface area contributed by atoms with Crippen LogP contribution in [0.25, 0.3) is 0 Å². The number of nitrogens with one attached hydrogen (secondary N) is 1. The second-order valence-corrected chi connectivity index (χ2v) is 3.87. The van der Waals surface area contributed by atoms with Gasteiger partial charge in [0.2, 0.25) is 0 Å². The predicted octanol–water partition coefficient (Wildman–Crippen LogP) is 2.29. The van der Waals surface area contributed by atoms with Crippen molar-refractivity contribution in [2.24, 2.45) is 5.73 Å². The minimum absolute atomic E-state index is 0.167. The molecule has 0 aliphatic rings. The van der Waals surface area contributed by atoms with E-state index in [4.69, 9.17) is 15.9 Å². The zero-order valence-electron chi connectivity index (χ0n) is 7.79. The summed E-state index contributed by atoms with van der Waals surface area (Å²) in [4.78, 5) is 0. The molecule has 0 saturated carbocycles. The van der Waals surface area contributed by atoms with Crippen LogP contribution in [-0.4, -0.2) is 12.4 Å². The monoisotopic (exact) mass is 256 g/mol. The zero-order valence-corrected chi connectivity index (χ0v) is 9.38. The topological polar surface area (TPSA) is 59.1 Å². The molecular formula is C10H13BrN2O. The van der Waals surface area contributed by atoms with Crippen LogP contribution in [0.5, 0.6) is 0 Å². The molecule has 76 valence electrons. The van der Waals surface area contributed by atoms with Crippen LogP contribution in [0.1, 0.15) is 12.0 Å². The number of nitrogens with two attached hydrogens (primary N) is 1. The van der Waals surface area contributed by atoms with Crippen LogP contribution in [0.3, 0.4) is 0 Å². The van der Waals surface area contributed by atoms with Crippen LogP contribution >= 0.6 is 15.9 Å². The molecule has 0 saturated heterocycles. The number of rotatable bonds is 5. The molecule has 0 heterocycles. The van der Waals surface area contributed by atoms with Crippen LogP contribution in [0.15, 0.2) is 28.7 Å². The lowest BCUT2D eigenvalue weighted by Gasteiger charge is -2.03. The van der Waals surface area contributed by atoms with Gasteiger partial charge in [0.25, 0.3) is 0 Å². The fraction of sp³-hybridized carbons (Fsp3) is 0.300. The van der Waals surface area contributed by atoms with Crippen molar-refractivity contribution in [3.63, 3.8) is 0 Å². The molecule has 4 heteroatoms. The Morgan fingerprint density at radius 2 is 2.00 bits per heavy atom. The first-order chi connectivity index (χ1) is 6.68. The lowest BCUT2D eigenvalue weighted by molar-refractivity contribution is 0.127. The number of halogens is 1. The molecule has 0 radical (unpaired) electrons. The molecule has 3 N–H and O–H groups in total. The highest BCUT2D eigenvalue weighted by molar-refractivity contribution is 9.10. The number of hydrogen-bond acceptors (Lipinski definition) is 2. The fourth-order valence-corrected chi connectivity index (χ4v) is 1.22. The van der Waals surface area contributed by atoms with E-state index in [9.17, 15) is 0 Å². The standard InChI is InChI=1S/C10H13BrN2O/c11-9-3-1-8(2-4-9)7-14-6-5-10(12)13/h1-4H,5-7H2,(H3,12,13). The van der Waals surface area contributed by atoms with E-state index in [1.54, 1.807) is 0 Å². The van der Waals surface area contributed by atoms with Crippen LogP contribution in [-0.2, 0) is 11.3 Å². The molecule has 0 aliphatic heterocycles. The van der Waals surface area contributed by atoms with E-state index < -0.39 is 0 Å².